The van der Waals surface area contributed by atoms with Crippen molar-refractivity contribution >= 4 is 5.91 Å². The SMILES string of the molecule is COCC1(C(=O)NC[C@H]2C[C@H](c3nncn3C)C[C@H]2O)CCC1. The molecule has 2 fully saturated rings. The Hall–Kier alpha value is -1.47. The number of ether oxygens (including phenoxy) is 1. The highest BCUT2D eigenvalue weighted by molar-refractivity contribution is 5.83. The van der Waals surface area contributed by atoms with E-state index >= 15 is 0 Å². The first-order valence-electron chi connectivity index (χ1n) is 8.35. The molecule has 0 unspecified atom stereocenters. The number of amides is 1. The summed E-state index contributed by atoms with van der Waals surface area (Å²) in [6.45, 7) is 0.993. The average Bonchev–Trinajstić information content (AvgIpc) is 3.06. The topological polar surface area (TPSA) is 89.3 Å². The van der Waals surface area contributed by atoms with Gasteiger partial charge in [-0.15, -0.1) is 10.2 Å². The number of aromatic nitrogens is 3. The molecule has 0 bridgehead atoms. The van der Waals surface area contributed by atoms with Crippen LogP contribution in [-0.2, 0) is 16.6 Å². The Morgan fingerprint density at radius 2 is 2.30 bits per heavy atom. The molecular formula is C16H26N4O3. The third-order valence-corrected chi connectivity index (χ3v) is 5.51. The van der Waals surface area contributed by atoms with Gasteiger partial charge in [-0.05, 0) is 25.7 Å². The maximum Gasteiger partial charge on any atom is 0.228 e. The number of rotatable bonds is 6. The van der Waals surface area contributed by atoms with Crippen molar-refractivity contribution in [2.75, 3.05) is 20.3 Å². The molecule has 7 heteroatoms. The number of methoxy groups -OCH3 is 1. The molecular weight excluding hydrogens is 296 g/mol. The van der Waals surface area contributed by atoms with E-state index in [9.17, 15) is 9.90 Å². The standard InChI is InChI=1S/C16H26N4O3/c1-20-10-18-19-14(20)11-6-12(13(21)7-11)8-17-15(22)16(9-23-2)4-3-5-16/h10-13,21H,3-9H2,1-2H3,(H,17,22)/t11-,12+,13+/m0/s1. The number of aliphatic hydroxyl groups is 1. The van der Waals surface area contributed by atoms with Crippen molar-refractivity contribution in [3.05, 3.63) is 12.2 Å². The number of aliphatic hydroxyl groups excluding tert-OH is 1. The molecule has 2 aliphatic rings. The smallest absolute Gasteiger partial charge is 0.228 e. The molecule has 0 saturated heterocycles. The van der Waals surface area contributed by atoms with Crippen molar-refractivity contribution < 1.29 is 14.6 Å². The zero-order valence-corrected chi connectivity index (χ0v) is 13.9. The number of nitrogens with zero attached hydrogens (tertiary/aromatic N) is 3. The van der Waals surface area contributed by atoms with Gasteiger partial charge in [-0.25, -0.2) is 0 Å². The molecule has 2 N–H and O–H groups in total. The molecule has 7 nitrogen and oxygen atoms in total. The van der Waals surface area contributed by atoms with Crippen LogP contribution in [0.4, 0.5) is 0 Å². The highest BCUT2D eigenvalue weighted by atomic mass is 16.5. The summed E-state index contributed by atoms with van der Waals surface area (Å²) in [5.74, 6) is 1.25. The molecule has 1 heterocycles. The Morgan fingerprint density at radius 3 is 2.87 bits per heavy atom. The Bertz CT molecular complexity index is 555. The number of nitrogens with one attached hydrogen (secondary N) is 1. The van der Waals surface area contributed by atoms with Gasteiger partial charge in [0.25, 0.3) is 0 Å². The predicted octanol–water partition coefficient (Wildman–Crippen LogP) is 0.603. The van der Waals surface area contributed by atoms with Crippen LogP contribution in [0.5, 0.6) is 0 Å². The van der Waals surface area contributed by atoms with E-state index in [0.717, 1.165) is 31.5 Å². The fourth-order valence-electron chi connectivity index (χ4n) is 3.92. The minimum atomic E-state index is -0.406. The van der Waals surface area contributed by atoms with Gasteiger partial charge >= 0.3 is 0 Å². The molecule has 2 aliphatic carbocycles. The van der Waals surface area contributed by atoms with E-state index in [1.54, 1.807) is 13.4 Å². The summed E-state index contributed by atoms with van der Waals surface area (Å²) in [6.07, 6.45) is 5.64. The second-order valence-electron chi connectivity index (χ2n) is 7.07. The normalized spacial score (nSPS) is 29.3. The lowest BCUT2D eigenvalue weighted by atomic mass is 9.68. The number of hydrogen-bond donors (Lipinski definition) is 2. The lowest BCUT2D eigenvalue weighted by molar-refractivity contribution is -0.140. The third kappa shape index (κ3) is 3.12. The maximum atomic E-state index is 12.5. The third-order valence-electron chi connectivity index (χ3n) is 5.51. The molecule has 3 atom stereocenters. The number of carbonyl (C=O) groups excluding carboxylic acids is 1. The minimum absolute atomic E-state index is 0.0694. The van der Waals surface area contributed by atoms with Crippen LogP contribution in [-0.4, -0.2) is 52.1 Å². The number of carbonyl (C=O) groups is 1. The number of aryl methyl sites for hydroxylation is 1. The van der Waals surface area contributed by atoms with E-state index < -0.39 is 6.10 Å². The highest BCUT2D eigenvalue weighted by Gasteiger charge is 2.44. The average molecular weight is 322 g/mol. The van der Waals surface area contributed by atoms with Crippen molar-refractivity contribution in [2.24, 2.45) is 18.4 Å². The van der Waals surface area contributed by atoms with Gasteiger partial charge < -0.3 is 19.7 Å². The van der Waals surface area contributed by atoms with Crippen LogP contribution in [0, 0.1) is 11.3 Å². The van der Waals surface area contributed by atoms with Crippen molar-refractivity contribution in [1.29, 1.82) is 0 Å². The lowest BCUT2D eigenvalue weighted by Gasteiger charge is -2.39. The fourth-order valence-corrected chi connectivity index (χ4v) is 3.92. The van der Waals surface area contributed by atoms with Crippen LogP contribution in [0.25, 0.3) is 0 Å². The van der Waals surface area contributed by atoms with Gasteiger partial charge in [0.15, 0.2) is 0 Å². The van der Waals surface area contributed by atoms with E-state index in [4.69, 9.17) is 4.74 Å². The van der Waals surface area contributed by atoms with E-state index in [0.29, 0.717) is 19.6 Å². The Morgan fingerprint density at radius 1 is 1.52 bits per heavy atom. The summed E-state index contributed by atoms with van der Waals surface area (Å²) in [4.78, 5) is 12.5. The predicted molar refractivity (Wildman–Crippen MR) is 83.6 cm³/mol. The van der Waals surface area contributed by atoms with E-state index in [-0.39, 0.29) is 23.2 Å². The first-order chi connectivity index (χ1) is 11.1. The molecule has 0 aliphatic heterocycles. The van der Waals surface area contributed by atoms with Gasteiger partial charge in [0.2, 0.25) is 5.91 Å². The minimum Gasteiger partial charge on any atom is -0.393 e. The molecule has 3 rings (SSSR count). The molecule has 0 radical (unpaired) electrons. The van der Waals surface area contributed by atoms with Crippen molar-refractivity contribution in [2.45, 2.75) is 44.1 Å². The first kappa shape index (κ1) is 16.4. The summed E-state index contributed by atoms with van der Waals surface area (Å²) < 4.78 is 7.12. The summed E-state index contributed by atoms with van der Waals surface area (Å²) in [7, 11) is 3.56. The molecule has 1 aromatic rings. The largest absolute Gasteiger partial charge is 0.393 e. The summed E-state index contributed by atoms with van der Waals surface area (Å²) in [5.41, 5.74) is -0.346. The zero-order valence-electron chi connectivity index (χ0n) is 13.9. The van der Waals surface area contributed by atoms with Gasteiger partial charge in [0.1, 0.15) is 12.2 Å². The molecule has 2 saturated carbocycles. The van der Waals surface area contributed by atoms with Gasteiger partial charge in [-0.3, -0.25) is 4.79 Å². The summed E-state index contributed by atoms with van der Waals surface area (Å²) in [5, 5.41) is 21.4. The van der Waals surface area contributed by atoms with Gasteiger partial charge in [-0.1, -0.05) is 6.42 Å². The van der Waals surface area contributed by atoms with Crippen LogP contribution in [0.15, 0.2) is 6.33 Å². The maximum absolute atomic E-state index is 12.5. The van der Waals surface area contributed by atoms with Crippen LogP contribution >= 0.6 is 0 Å². The first-order valence-corrected chi connectivity index (χ1v) is 8.35. The lowest BCUT2D eigenvalue weighted by Crippen LogP contribution is -2.50. The quantitative estimate of drug-likeness (QED) is 0.801. The van der Waals surface area contributed by atoms with Crippen LogP contribution < -0.4 is 5.32 Å². The molecule has 128 valence electrons. The molecule has 1 amide bonds. The van der Waals surface area contributed by atoms with Crippen molar-refractivity contribution in [3.8, 4) is 0 Å². The van der Waals surface area contributed by atoms with E-state index in [2.05, 4.69) is 15.5 Å². The van der Waals surface area contributed by atoms with Crippen LogP contribution in [0.1, 0.15) is 43.8 Å². The summed E-state index contributed by atoms with van der Waals surface area (Å²) >= 11 is 0. The van der Waals surface area contributed by atoms with Gasteiger partial charge in [0.05, 0.1) is 18.1 Å². The second-order valence-corrected chi connectivity index (χ2v) is 7.07. The Balaban J connectivity index is 1.54. The fraction of sp³-hybridized carbons (Fsp3) is 0.812. The summed E-state index contributed by atoms with van der Waals surface area (Å²) in [6, 6.07) is 0. The zero-order chi connectivity index (χ0) is 16.4. The highest BCUT2D eigenvalue weighted by Crippen LogP contribution is 2.42. The van der Waals surface area contributed by atoms with Gasteiger partial charge in [0, 0.05) is 32.5 Å². The molecule has 0 aromatic carbocycles. The van der Waals surface area contributed by atoms with Gasteiger partial charge in [-0.2, -0.15) is 0 Å². The Kier molecular flexibility index (Phi) is 4.68. The van der Waals surface area contributed by atoms with E-state index in [1.165, 1.54) is 0 Å². The molecule has 0 spiro atoms. The monoisotopic (exact) mass is 322 g/mol. The molecule has 23 heavy (non-hydrogen) atoms. The van der Waals surface area contributed by atoms with Crippen molar-refractivity contribution in [1.82, 2.24) is 20.1 Å². The van der Waals surface area contributed by atoms with Crippen LogP contribution in [0.2, 0.25) is 0 Å². The van der Waals surface area contributed by atoms with E-state index in [1.807, 2.05) is 11.6 Å². The second kappa shape index (κ2) is 6.57. The molecule has 1 aromatic heterocycles. The van der Waals surface area contributed by atoms with Crippen molar-refractivity contribution in [3.63, 3.8) is 0 Å². The van der Waals surface area contributed by atoms with Crippen LogP contribution in [0.3, 0.4) is 0 Å². The number of hydrogen-bond acceptors (Lipinski definition) is 5. The Labute approximate surface area is 136 Å².